The molecule has 0 saturated carbocycles. The second-order valence-electron chi connectivity index (χ2n) is 2.12. The van der Waals surface area contributed by atoms with Crippen LogP contribution < -0.4 is 0 Å². The zero-order valence-electron chi connectivity index (χ0n) is 6.04. The third-order valence-corrected chi connectivity index (χ3v) is 2.18. The number of aryl methyl sites for hydroxylation is 1. The van der Waals surface area contributed by atoms with Crippen molar-refractivity contribution in [2.45, 2.75) is 6.92 Å². The third kappa shape index (κ3) is 2.70. The molecular weight excluding hydrogens is 139 g/mol. The molecule has 1 unspecified atom stereocenters. The van der Waals surface area contributed by atoms with Crippen molar-refractivity contribution < 1.29 is 0 Å². The van der Waals surface area contributed by atoms with Crippen LogP contribution in [-0.2, 0) is 0 Å². The quantitative estimate of drug-likeness (QED) is 0.533. The molecule has 0 aliphatic heterocycles. The molecular formula is C9H11P. The Labute approximate surface area is 63.3 Å². The van der Waals surface area contributed by atoms with E-state index < -0.39 is 0 Å². The standard InChI is InChI=1S/C9H11P/c1-9-7-5-3-2-4-6-8-10-9/h2-8,10H,1H3. The van der Waals surface area contributed by atoms with Crippen LogP contribution in [0.2, 0.25) is 0 Å². The first-order valence-corrected chi connectivity index (χ1v) is 4.40. The summed E-state index contributed by atoms with van der Waals surface area (Å²) in [6.07, 6.45) is 0. The Morgan fingerprint density at radius 2 is 1.70 bits per heavy atom. The van der Waals surface area contributed by atoms with Gasteiger partial charge in [0, 0.05) is 0 Å². The van der Waals surface area contributed by atoms with Crippen LogP contribution in [0.3, 0.4) is 0 Å². The van der Waals surface area contributed by atoms with Gasteiger partial charge >= 0.3 is 0 Å². The van der Waals surface area contributed by atoms with Crippen molar-refractivity contribution in [1.29, 1.82) is 0 Å². The number of hydrogen-bond acceptors (Lipinski definition) is 0. The fraction of sp³-hybridized carbons (Fsp3) is 0.111. The summed E-state index contributed by atoms with van der Waals surface area (Å²) in [5.74, 6) is 2.19. The van der Waals surface area contributed by atoms with Crippen LogP contribution in [-0.4, -0.2) is 0 Å². The zero-order valence-corrected chi connectivity index (χ0v) is 7.04. The molecule has 0 aromatic carbocycles. The van der Waals surface area contributed by atoms with Crippen LogP contribution in [0.5, 0.6) is 0 Å². The minimum Gasteiger partial charge on any atom is -0.137 e. The van der Waals surface area contributed by atoms with Crippen molar-refractivity contribution in [1.82, 2.24) is 0 Å². The van der Waals surface area contributed by atoms with E-state index in [2.05, 4.69) is 37.0 Å². The Balaban J connectivity index is 3.13. The molecule has 0 aliphatic carbocycles. The second kappa shape index (κ2) is 4.14. The van der Waals surface area contributed by atoms with E-state index in [-0.39, 0.29) is 0 Å². The van der Waals surface area contributed by atoms with Gasteiger partial charge in [-0.25, -0.2) is 0 Å². The summed E-state index contributed by atoms with van der Waals surface area (Å²) in [6, 6.07) is 12.4. The topological polar surface area (TPSA) is 0 Å². The fourth-order valence-corrected chi connectivity index (χ4v) is 1.34. The minimum absolute atomic E-state index is 0.838. The molecule has 0 radical (unpaired) electrons. The van der Waals surface area contributed by atoms with Crippen LogP contribution in [0.1, 0.15) is 5.30 Å². The maximum atomic E-state index is 2.19. The summed E-state index contributed by atoms with van der Waals surface area (Å²) < 4.78 is 0. The highest BCUT2D eigenvalue weighted by atomic mass is 31.0. The first-order chi connectivity index (χ1) is 4.89. The smallest absolute Gasteiger partial charge is 0.0344 e. The van der Waals surface area contributed by atoms with E-state index in [1.54, 1.807) is 0 Å². The predicted octanol–water partition coefficient (Wildman–Crippen LogP) is 3.15. The Kier molecular flexibility index (Phi) is 3.05. The van der Waals surface area contributed by atoms with Crippen LogP contribution in [0.4, 0.5) is 0 Å². The Morgan fingerprint density at radius 3 is 2.60 bits per heavy atom. The highest BCUT2D eigenvalue weighted by molar-refractivity contribution is 7.29. The van der Waals surface area contributed by atoms with E-state index in [1.807, 2.05) is 12.1 Å². The molecule has 52 valence electrons. The Morgan fingerprint density at radius 1 is 1.00 bits per heavy atom. The van der Waals surface area contributed by atoms with E-state index in [0.717, 1.165) is 8.19 Å². The molecule has 0 bridgehead atoms. The molecule has 1 atom stereocenters. The van der Waals surface area contributed by atoms with Crippen molar-refractivity contribution in [2.75, 3.05) is 0 Å². The fourth-order valence-electron chi connectivity index (χ4n) is 0.676. The summed E-state index contributed by atoms with van der Waals surface area (Å²) in [7, 11) is 0.838. The van der Waals surface area contributed by atoms with E-state index in [0.29, 0.717) is 0 Å². The van der Waals surface area contributed by atoms with Gasteiger partial charge in [0.05, 0.1) is 0 Å². The number of rotatable bonds is 0. The highest BCUT2D eigenvalue weighted by Crippen LogP contribution is 2.06. The average Bonchev–Trinajstić information content (AvgIpc) is 2.02. The normalized spacial score (nSPS) is 9.30. The van der Waals surface area contributed by atoms with Crippen molar-refractivity contribution >= 4 is 8.19 Å². The summed E-state index contributed by atoms with van der Waals surface area (Å²) >= 11 is 0. The van der Waals surface area contributed by atoms with Gasteiger partial charge in [0.15, 0.2) is 0 Å². The molecule has 0 aliphatic rings. The average molecular weight is 150 g/mol. The predicted molar refractivity (Wildman–Crippen MR) is 48.3 cm³/mol. The summed E-state index contributed by atoms with van der Waals surface area (Å²) in [5.41, 5.74) is 0. The molecule has 0 amide bonds. The van der Waals surface area contributed by atoms with Gasteiger partial charge in [-0.1, -0.05) is 36.4 Å². The van der Waals surface area contributed by atoms with Gasteiger partial charge in [0.1, 0.15) is 0 Å². The van der Waals surface area contributed by atoms with Crippen LogP contribution in [0, 0.1) is 6.92 Å². The second-order valence-corrected chi connectivity index (χ2v) is 3.53. The summed E-state index contributed by atoms with van der Waals surface area (Å²) in [6.45, 7) is 2.15. The molecule has 1 aromatic heterocycles. The Hall–Kier alpha value is -0.740. The van der Waals surface area contributed by atoms with Crippen molar-refractivity contribution in [2.24, 2.45) is 0 Å². The van der Waals surface area contributed by atoms with E-state index in [9.17, 15) is 0 Å². The maximum absolute atomic E-state index is 2.19. The lowest BCUT2D eigenvalue weighted by atomic mass is 10.4. The Bertz CT molecular complexity index is 212. The first kappa shape index (κ1) is 7.37. The maximum Gasteiger partial charge on any atom is -0.0344 e. The molecule has 1 heterocycles. The van der Waals surface area contributed by atoms with E-state index in [1.165, 1.54) is 5.30 Å². The summed E-state index contributed by atoms with van der Waals surface area (Å²) in [4.78, 5) is 0. The van der Waals surface area contributed by atoms with Crippen molar-refractivity contribution in [3.05, 3.63) is 47.5 Å². The van der Waals surface area contributed by atoms with Crippen LogP contribution in [0.25, 0.3) is 0 Å². The third-order valence-electron chi connectivity index (χ3n) is 1.20. The molecule has 1 rings (SSSR count). The summed E-state index contributed by atoms with van der Waals surface area (Å²) in [5, 5.41) is 1.43. The van der Waals surface area contributed by atoms with Gasteiger partial charge < -0.3 is 0 Å². The van der Waals surface area contributed by atoms with Crippen molar-refractivity contribution in [3.63, 3.8) is 0 Å². The van der Waals surface area contributed by atoms with E-state index >= 15 is 0 Å². The number of hydrogen-bond donors (Lipinski definition) is 0. The van der Waals surface area contributed by atoms with Gasteiger partial charge in [-0.15, -0.1) is 8.19 Å². The van der Waals surface area contributed by atoms with Crippen molar-refractivity contribution in [3.8, 4) is 0 Å². The van der Waals surface area contributed by atoms with Gasteiger partial charge in [-0.2, -0.15) is 0 Å². The SMILES string of the molecule is Cc1ccccccc[pH]1. The molecule has 0 spiro atoms. The molecule has 0 N–H and O–H groups in total. The molecule has 0 saturated heterocycles. The van der Waals surface area contributed by atoms with E-state index in [4.69, 9.17) is 0 Å². The van der Waals surface area contributed by atoms with Gasteiger partial charge in [-0.3, -0.25) is 0 Å². The first-order valence-electron chi connectivity index (χ1n) is 3.33. The van der Waals surface area contributed by atoms with Gasteiger partial charge in [0.25, 0.3) is 0 Å². The molecule has 10 heavy (non-hydrogen) atoms. The lowest BCUT2D eigenvalue weighted by Crippen LogP contribution is -1.49. The largest absolute Gasteiger partial charge is 0.137 e. The zero-order chi connectivity index (χ0) is 7.23. The molecule has 0 fully saturated rings. The lowest BCUT2D eigenvalue weighted by molar-refractivity contribution is 1.62. The lowest BCUT2D eigenvalue weighted by Gasteiger charge is -1.77. The molecule has 1 heteroatoms. The van der Waals surface area contributed by atoms with Crippen LogP contribution in [0.15, 0.2) is 42.2 Å². The van der Waals surface area contributed by atoms with Gasteiger partial charge in [0.2, 0.25) is 0 Å². The highest BCUT2D eigenvalue weighted by Gasteiger charge is 1.69. The van der Waals surface area contributed by atoms with Gasteiger partial charge in [-0.05, 0) is 18.0 Å². The monoisotopic (exact) mass is 150 g/mol. The molecule has 0 nitrogen and oxygen atoms in total. The van der Waals surface area contributed by atoms with Crippen LogP contribution >= 0.6 is 8.19 Å². The molecule has 1 aromatic rings. The minimum atomic E-state index is 0.838.